The summed E-state index contributed by atoms with van der Waals surface area (Å²) in [6, 6.07) is 29.3. The van der Waals surface area contributed by atoms with Crippen molar-refractivity contribution in [1.82, 2.24) is 10.4 Å². The molecule has 3 heterocycles. The maximum absolute atomic E-state index is 13.3. The van der Waals surface area contributed by atoms with Gasteiger partial charge in [0.1, 0.15) is 17.9 Å². The van der Waals surface area contributed by atoms with Crippen LogP contribution in [-0.4, -0.2) is 17.3 Å². The number of anilines is 3. The molecule has 0 saturated heterocycles. The number of benzene rings is 3. The van der Waals surface area contributed by atoms with Gasteiger partial charge < -0.3 is 15.1 Å². The predicted molar refractivity (Wildman–Crippen MR) is 135 cm³/mol. The molecule has 0 fully saturated rings. The summed E-state index contributed by atoms with van der Waals surface area (Å²) < 4.78 is 19.4. The topological polar surface area (TPSA) is 80.4 Å². The van der Waals surface area contributed by atoms with Gasteiger partial charge in [0.15, 0.2) is 5.82 Å². The number of para-hydroxylation sites is 2. The van der Waals surface area contributed by atoms with E-state index in [9.17, 15) is 4.39 Å². The van der Waals surface area contributed by atoms with Gasteiger partial charge >= 0.3 is 0 Å². The maximum Gasteiger partial charge on any atom is 0.222 e. The Morgan fingerprint density at radius 1 is 0.771 bits per heavy atom. The highest BCUT2D eigenvalue weighted by Gasteiger charge is 2.33. The summed E-state index contributed by atoms with van der Waals surface area (Å²) in [5, 5.41) is 14.6. The minimum Gasteiger partial charge on any atom is -0.438 e. The first-order valence-corrected chi connectivity index (χ1v) is 11.0. The Labute approximate surface area is 200 Å². The third kappa shape index (κ3) is 4.18. The van der Waals surface area contributed by atoms with E-state index in [0.717, 1.165) is 16.9 Å². The SMILES string of the molecule is Fc1ccc(-c2ccc(N3N=CN4NC(Nc5ccccc5)=NC(Nc5ccccc5)=C43)o2)cc1. The molecule has 172 valence electrons. The number of hydrazine groups is 1. The number of hydrazone groups is 1. The lowest BCUT2D eigenvalue weighted by Crippen LogP contribution is -2.48. The van der Waals surface area contributed by atoms with Crippen molar-refractivity contribution in [3.8, 4) is 11.3 Å². The van der Waals surface area contributed by atoms with Crippen molar-refractivity contribution in [1.29, 1.82) is 0 Å². The van der Waals surface area contributed by atoms with Gasteiger partial charge in [-0.15, -0.1) is 0 Å². The largest absolute Gasteiger partial charge is 0.438 e. The van der Waals surface area contributed by atoms with E-state index in [2.05, 4.69) is 21.2 Å². The summed E-state index contributed by atoms with van der Waals surface area (Å²) in [7, 11) is 0. The van der Waals surface area contributed by atoms with E-state index >= 15 is 0 Å². The Kier molecular flexibility index (Phi) is 5.12. The summed E-state index contributed by atoms with van der Waals surface area (Å²) in [5.41, 5.74) is 5.76. The number of guanidine groups is 1. The third-order valence-corrected chi connectivity index (χ3v) is 5.38. The van der Waals surface area contributed by atoms with Crippen molar-refractivity contribution in [2.45, 2.75) is 0 Å². The predicted octanol–water partition coefficient (Wildman–Crippen LogP) is 5.38. The highest BCUT2D eigenvalue weighted by Crippen LogP contribution is 2.34. The van der Waals surface area contributed by atoms with Crippen LogP contribution in [0, 0.1) is 5.82 Å². The van der Waals surface area contributed by atoms with E-state index in [-0.39, 0.29) is 5.82 Å². The van der Waals surface area contributed by atoms with Crippen molar-refractivity contribution >= 4 is 29.6 Å². The number of hydrogen-bond acceptors (Lipinski definition) is 8. The Morgan fingerprint density at radius 3 is 2.17 bits per heavy atom. The number of halogens is 1. The number of aliphatic imine (C=N–C) groups is 1. The van der Waals surface area contributed by atoms with Crippen LogP contribution in [0.4, 0.5) is 21.6 Å². The second-order valence-electron chi connectivity index (χ2n) is 7.78. The van der Waals surface area contributed by atoms with Crippen molar-refractivity contribution < 1.29 is 8.81 Å². The van der Waals surface area contributed by atoms with Gasteiger partial charge in [-0.2, -0.15) is 15.1 Å². The molecule has 0 unspecified atom stereocenters. The third-order valence-electron chi connectivity index (χ3n) is 5.38. The lowest BCUT2D eigenvalue weighted by atomic mass is 10.2. The van der Waals surface area contributed by atoms with Gasteiger partial charge in [-0.05, 0) is 54.6 Å². The smallest absolute Gasteiger partial charge is 0.222 e. The number of nitrogens with one attached hydrogen (secondary N) is 3. The van der Waals surface area contributed by atoms with E-state index in [4.69, 9.17) is 9.41 Å². The molecule has 6 rings (SSSR count). The molecule has 3 aromatic carbocycles. The fourth-order valence-corrected chi connectivity index (χ4v) is 3.74. The highest BCUT2D eigenvalue weighted by atomic mass is 19.1. The van der Waals surface area contributed by atoms with E-state index < -0.39 is 0 Å². The second kappa shape index (κ2) is 8.71. The molecule has 8 nitrogen and oxygen atoms in total. The summed E-state index contributed by atoms with van der Waals surface area (Å²) in [6.45, 7) is 0. The molecule has 0 aliphatic carbocycles. The van der Waals surface area contributed by atoms with Gasteiger partial charge in [-0.3, -0.25) is 5.43 Å². The molecule has 9 heteroatoms. The standard InChI is InChI=1S/C26H20FN7O/c27-19-13-11-18(12-14-19)22-15-16-23(35-22)34-25-24(29-20-7-3-1-4-8-20)31-26(32-33(25)17-28-34)30-21-9-5-2-6-10-21/h1-17,29H,(H2,30,31,32). The van der Waals surface area contributed by atoms with Crippen molar-refractivity contribution in [3.63, 3.8) is 0 Å². The van der Waals surface area contributed by atoms with Crippen LogP contribution in [0.1, 0.15) is 0 Å². The summed E-state index contributed by atoms with van der Waals surface area (Å²) in [5.74, 6) is 2.51. The zero-order valence-corrected chi connectivity index (χ0v) is 18.4. The molecule has 4 aromatic rings. The Hall–Kier alpha value is -5.05. The molecule has 0 saturated carbocycles. The summed E-state index contributed by atoms with van der Waals surface area (Å²) >= 11 is 0. The Balaban J connectivity index is 1.36. The van der Waals surface area contributed by atoms with Gasteiger partial charge in [0.05, 0.1) is 0 Å². The molecule has 2 aliphatic heterocycles. The van der Waals surface area contributed by atoms with Crippen LogP contribution in [-0.2, 0) is 0 Å². The van der Waals surface area contributed by atoms with Crippen LogP contribution in [0.5, 0.6) is 0 Å². The molecule has 0 radical (unpaired) electrons. The summed E-state index contributed by atoms with van der Waals surface area (Å²) in [4.78, 5) is 4.78. The number of furan rings is 1. The normalized spacial score (nSPS) is 14.5. The molecule has 2 aliphatic rings. The number of nitrogens with zero attached hydrogens (tertiary/aromatic N) is 4. The van der Waals surface area contributed by atoms with E-state index in [1.165, 1.54) is 12.1 Å². The number of fused-ring (bicyclic) bond motifs is 1. The monoisotopic (exact) mass is 465 g/mol. The second-order valence-corrected chi connectivity index (χ2v) is 7.78. The maximum atomic E-state index is 13.3. The van der Waals surface area contributed by atoms with Crippen LogP contribution in [0.15, 0.2) is 123 Å². The van der Waals surface area contributed by atoms with Gasteiger partial charge in [0.2, 0.25) is 17.7 Å². The highest BCUT2D eigenvalue weighted by molar-refractivity contribution is 5.96. The summed E-state index contributed by atoms with van der Waals surface area (Å²) in [6.07, 6.45) is 1.64. The number of hydrogen-bond donors (Lipinski definition) is 3. The van der Waals surface area contributed by atoms with E-state index in [1.54, 1.807) is 28.5 Å². The van der Waals surface area contributed by atoms with E-state index in [0.29, 0.717) is 29.2 Å². The van der Waals surface area contributed by atoms with Gasteiger partial charge in [0, 0.05) is 23.0 Å². The van der Waals surface area contributed by atoms with Crippen LogP contribution in [0.3, 0.4) is 0 Å². The molecule has 1 aromatic heterocycles. The molecular formula is C26H20FN7O. The quantitative estimate of drug-likeness (QED) is 0.367. The average molecular weight is 465 g/mol. The van der Waals surface area contributed by atoms with Crippen LogP contribution in [0.2, 0.25) is 0 Å². The lowest BCUT2D eigenvalue weighted by Gasteiger charge is -2.29. The number of rotatable bonds is 5. The van der Waals surface area contributed by atoms with E-state index in [1.807, 2.05) is 72.8 Å². The zero-order valence-electron chi connectivity index (χ0n) is 18.4. The molecule has 0 amide bonds. The molecule has 35 heavy (non-hydrogen) atoms. The van der Waals surface area contributed by atoms with Crippen LogP contribution < -0.4 is 21.1 Å². The minimum atomic E-state index is -0.298. The molecular weight excluding hydrogens is 445 g/mol. The fraction of sp³-hybridized carbons (Fsp3) is 0. The van der Waals surface area contributed by atoms with Gasteiger partial charge in [0.25, 0.3) is 0 Å². The van der Waals surface area contributed by atoms with Crippen molar-refractivity contribution in [3.05, 3.63) is 115 Å². The fourth-order valence-electron chi connectivity index (χ4n) is 3.74. The zero-order chi connectivity index (χ0) is 23.6. The van der Waals surface area contributed by atoms with Crippen LogP contribution >= 0.6 is 0 Å². The van der Waals surface area contributed by atoms with Crippen LogP contribution in [0.25, 0.3) is 11.3 Å². The average Bonchev–Trinajstić information content (AvgIpc) is 3.53. The van der Waals surface area contributed by atoms with Crippen molar-refractivity contribution in [2.75, 3.05) is 15.6 Å². The first kappa shape index (κ1) is 20.5. The first-order valence-electron chi connectivity index (χ1n) is 11.0. The Bertz CT molecular complexity index is 1430. The molecule has 0 bridgehead atoms. The molecule has 0 atom stereocenters. The van der Waals surface area contributed by atoms with Crippen molar-refractivity contribution in [2.24, 2.45) is 10.1 Å². The molecule has 0 spiro atoms. The first-order chi connectivity index (χ1) is 17.2. The minimum absolute atomic E-state index is 0.298. The lowest BCUT2D eigenvalue weighted by molar-refractivity contribution is 0.458. The van der Waals surface area contributed by atoms with Gasteiger partial charge in [-0.25, -0.2) is 9.40 Å². The Morgan fingerprint density at radius 2 is 1.46 bits per heavy atom. The molecule has 3 N–H and O–H groups in total. The van der Waals surface area contributed by atoms with Gasteiger partial charge in [-0.1, -0.05) is 36.4 Å².